The molecule has 1 N–H and O–H groups in total. The van der Waals surface area contributed by atoms with Crippen molar-refractivity contribution in [2.24, 2.45) is 0 Å². The van der Waals surface area contributed by atoms with Gasteiger partial charge in [0.25, 0.3) is 0 Å². The van der Waals surface area contributed by atoms with Gasteiger partial charge in [-0.3, -0.25) is 4.90 Å². The van der Waals surface area contributed by atoms with Gasteiger partial charge in [-0.1, -0.05) is 0 Å². The van der Waals surface area contributed by atoms with Crippen LogP contribution < -0.4 is 10.2 Å². The lowest BCUT2D eigenvalue weighted by molar-refractivity contribution is 0.0331. The zero-order chi connectivity index (χ0) is 21.3. The molecule has 0 radical (unpaired) electrons. The molecule has 0 unspecified atom stereocenters. The fourth-order valence-corrected chi connectivity index (χ4v) is 6.15. The zero-order valence-electron chi connectivity index (χ0n) is 18.3. The van der Waals surface area contributed by atoms with Crippen LogP contribution in [0.4, 0.5) is 17.2 Å². The molecule has 0 amide bonds. The predicted octanol–water partition coefficient (Wildman–Crippen LogP) is 3.59. The van der Waals surface area contributed by atoms with Crippen molar-refractivity contribution in [3.63, 3.8) is 0 Å². The number of morpholine rings is 2. The van der Waals surface area contributed by atoms with Gasteiger partial charge in [-0.15, -0.1) is 11.3 Å². The molecule has 3 aliphatic rings. The SMILES string of the molecule is c1cc(N2CCOCC2)ccc1Nc1nc(CN2CCOCC2)nc2sc3c(c12)CCC3. The summed E-state index contributed by atoms with van der Waals surface area (Å²) in [4.78, 5) is 17.4. The lowest BCUT2D eigenvalue weighted by Crippen LogP contribution is -2.36. The van der Waals surface area contributed by atoms with Crippen LogP contribution in [0.2, 0.25) is 0 Å². The monoisotopic (exact) mass is 451 g/mol. The van der Waals surface area contributed by atoms with E-state index < -0.39 is 0 Å². The minimum atomic E-state index is 0.770. The molecule has 0 bridgehead atoms. The molecule has 2 fully saturated rings. The van der Waals surface area contributed by atoms with Crippen LogP contribution in [0.1, 0.15) is 22.7 Å². The number of rotatable bonds is 5. The van der Waals surface area contributed by atoms with E-state index in [2.05, 4.69) is 39.4 Å². The Hall–Kier alpha value is -2.26. The largest absolute Gasteiger partial charge is 0.379 e. The summed E-state index contributed by atoms with van der Waals surface area (Å²) in [5.74, 6) is 1.85. The van der Waals surface area contributed by atoms with Crippen LogP contribution in [0.25, 0.3) is 10.2 Å². The summed E-state index contributed by atoms with van der Waals surface area (Å²) in [7, 11) is 0. The van der Waals surface area contributed by atoms with E-state index in [1.807, 2.05) is 11.3 Å². The molecule has 7 nitrogen and oxygen atoms in total. The number of anilines is 3. The van der Waals surface area contributed by atoms with Gasteiger partial charge in [0.15, 0.2) is 0 Å². The Labute approximate surface area is 192 Å². The summed E-state index contributed by atoms with van der Waals surface area (Å²) in [5.41, 5.74) is 3.77. The molecule has 2 aliphatic heterocycles. The lowest BCUT2D eigenvalue weighted by atomic mass is 10.2. The maximum absolute atomic E-state index is 5.50. The number of nitrogens with one attached hydrogen (secondary N) is 1. The maximum atomic E-state index is 5.50. The van der Waals surface area contributed by atoms with Crippen molar-refractivity contribution in [1.29, 1.82) is 0 Å². The molecule has 8 heteroatoms. The van der Waals surface area contributed by atoms with Crippen LogP contribution in [-0.2, 0) is 28.9 Å². The molecule has 6 rings (SSSR count). The fourth-order valence-electron chi connectivity index (χ4n) is 4.87. The summed E-state index contributed by atoms with van der Waals surface area (Å²) >= 11 is 1.86. The minimum absolute atomic E-state index is 0.770. The Morgan fingerprint density at radius 1 is 0.906 bits per heavy atom. The second-order valence-electron chi connectivity index (χ2n) is 8.69. The molecule has 2 saturated heterocycles. The highest BCUT2D eigenvalue weighted by Crippen LogP contribution is 2.40. The summed E-state index contributed by atoms with van der Waals surface area (Å²) in [6.45, 7) is 7.72. The van der Waals surface area contributed by atoms with E-state index in [4.69, 9.17) is 19.4 Å². The number of hydrogen-bond acceptors (Lipinski definition) is 8. The highest BCUT2D eigenvalue weighted by molar-refractivity contribution is 7.19. The summed E-state index contributed by atoms with van der Waals surface area (Å²) in [6, 6.07) is 8.71. The molecular weight excluding hydrogens is 422 g/mol. The van der Waals surface area contributed by atoms with Gasteiger partial charge in [0.05, 0.1) is 38.4 Å². The van der Waals surface area contributed by atoms with Crippen LogP contribution in [0.5, 0.6) is 0 Å². The second-order valence-corrected chi connectivity index (χ2v) is 9.77. The first-order chi connectivity index (χ1) is 15.8. The van der Waals surface area contributed by atoms with Crippen molar-refractivity contribution in [2.45, 2.75) is 25.8 Å². The number of aryl methyl sites for hydroxylation is 2. The number of thiophene rings is 1. The summed E-state index contributed by atoms with van der Waals surface area (Å²) in [5, 5.41) is 4.87. The zero-order valence-corrected chi connectivity index (χ0v) is 19.1. The summed E-state index contributed by atoms with van der Waals surface area (Å²) < 4.78 is 11.0. The highest BCUT2D eigenvalue weighted by atomic mass is 32.1. The molecule has 168 valence electrons. The number of fused-ring (bicyclic) bond motifs is 3. The number of aromatic nitrogens is 2. The van der Waals surface area contributed by atoms with Gasteiger partial charge in [-0.2, -0.15) is 0 Å². The van der Waals surface area contributed by atoms with Gasteiger partial charge in [0, 0.05) is 42.4 Å². The standard InChI is InChI=1S/C24H29N5O2S/c1-2-19-20(3-1)32-24-22(19)23(26-21(27-24)16-28-8-12-30-13-9-28)25-17-4-6-18(7-5-17)29-10-14-31-15-11-29/h4-7H,1-3,8-16H2,(H,25,26,27). The van der Waals surface area contributed by atoms with Crippen molar-refractivity contribution in [2.75, 3.05) is 62.8 Å². The third-order valence-corrected chi connectivity index (χ3v) is 7.77. The van der Waals surface area contributed by atoms with E-state index in [1.165, 1.54) is 34.4 Å². The van der Waals surface area contributed by atoms with Crippen LogP contribution in [0.15, 0.2) is 24.3 Å². The van der Waals surface area contributed by atoms with Crippen molar-refractivity contribution < 1.29 is 9.47 Å². The van der Waals surface area contributed by atoms with Crippen molar-refractivity contribution in [1.82, 2.24) is 14.9 Å². The van der Waals surface area contributed by atoms with Gasteiger partial charge in [0.1, 0.15) is 16.5 Å². The Kier molecular flexibility index (Phi) is 5.69. The van der Waals surface area contributed by atoms with Crippen molar-refractivity contribution >= 4 is 38.7 Å². The van der Waals surface area contributed by atoms with E-state index >= 15 is 0 Å². The maximum Gasteiger partial charge on any atom is 0.146 e. The molecule has 2 aromatic heterocycles. The molecule has 1 aliphatic carbocycles. The van der Waals surface area contributed by atoms with E-state index in [1.54, 1.807) is 0 Å². The number of ether oxygens (including phenoxy) is 2. The van der Waals surface area contributed by atoms with E-state index in [0.29, 0.717) is 0 Å². The van der Waals surface area contributed by atoms with Gasteiger partial charge in [-0.05, 0) is 49.1 Å². The van der Waals surface area contributed by atoms with E-state index in [0.717, 1.165) is 87.7 Å². The van der Waals surface area contributed by atoms with Gasteiger partial charge >= 0.3 is 0 Å². The van der Waals surface area contributed by atoms with E-state index in [9.17, 15) is 0 Å². The Bertz CT molecular complexity index is 1090. The van der Waals surface area contributed by atoms with Crippen LogP contribution in [0, 0.1) is 0 Å². The molecule has 3 aromatic rings. The Morgan fingerprint density at radius 3 is 2.44 bits per heavy atom. The van der Waals surface area contributed by atoms with Crippen LogP contribution in [-0.4, -0.2) is 67.5 Å². The summed E-state index contributed by atoms with van der Waals surface area (Å²) in [6.07, 6.45) is 3.54. The first-order valence-corrected chi connectivity index (χ1v) is 12.5. The quantitative estimate of drug-likeness (QED) is 0.636. The third-order valence-electron chi connectivity index (χ3n) is 6.59. The van der Waals surface area contributed by atoms with Gasteiger partial charge in [0.2, 0.25) is 0 Å². The topological polar surface area (TPSA) is 62.8 Å². The normalized spacial score (nSPS) is 19.4. The molecule has 0 saturated carbocycles. The average Bonchev–Trinajstić information content (AvgIpc) is 3.42. The number of hydrogen-bond donors (Lipinski definition) is 1. The fraction of sp³-hybridized carbons (Fsp3) is 0.500. The average molecular weight is 452 g/mol. The van der Waals surface area contributed by atoms with Crippen molar-refractivity contribution in [3.05, 3.63) is 40.5 Å². The lowest BCUT2D eigenvalue weighted by Gasteiger charge is -2.29. The first kappa shape index (κ1) is 20.4. The Balaban J connectivity index is 1.30. The molecule has 4 heterocycles. The van der Waals surface area contributed by atoms with E-state index in [-0.39, 0.29) is 0 Å². The van der Waals surface area contributed by atoms with Crippen molar-refractivity contribution in [3.8, 4) is 0 Å². The Morgan fingerprint density at radius 2 is 1.66 bits per heavy atom. The smallest absolute Gasteiger partial charge is 0.146 e. The van der Waals surface area contributed by atoms with Crippen LogP contribution in [0.3, 0.4) is 0 Å². The predicted molar refractivity (Wildman–Crippen MR) is 128 cm³/mol. The minimum Gasteiger partial charge on any atom is -0.379 e. The highest BCUT2D eigenvalue weighted by Gasteiger charge is 2.23. The molecule has 32 heavy (non-hydrogen) atoms. The van der Waals surface area contributed by atoms with Gasteiger partial charge < -0.3 is 19.7 Å². The van der Waals surface area contributed by atoms with Gasteiger partial charge in [-0.25, -0.2) is 9.97 Å². The number of benzene rings is 1. The molecular formula is C24H29N5O2S. The second kappa shape index (κ2) is 8.94. The number of nitrogens with zero attached hydrogens (tertiary/aromatic N) is 4. The van der Waals surface area contributed by atoms with Crippen LogP contribution >= 0.6 is 11.3 Å². The third kappa shape index (κ3) is 4.08. The first-order valence-electron chi connectivity index (χ1n) is 11.6. The molecule has 0 spiro atoms. The molecule has 0 atom stereocenters. The molecule has 1 aromatic carbocycles.